The Labute approximate surface area is 74.4 Å². The number of aliphatic hydroxyl groups is 1. The summed E-state index contributed by atoms with van der Waals surface area (Å²) in [6.07, 6.45) is 7.42. The Kier molecular flexibility index (Phi) is 2.66. The van der Waals surface area contributed by atoms with E-state index in [4.69, 9.17) is 0 Å². The molecule has 0 aromatic carbocycles. The second-order valence-electron chi connectivity index (χ2n) is 4.22. The molecule has 0 amide bonds. The van der Waals surface area contributed by atoms with Crippen molar-refractivity contribution in [3.8, 4) is 0 Å². The van der Waals surface area contributed by atoms with Crippen molar-refractivity contribution in [3.05, 3.63) is 0 Å². The largest absolute Gasteiger partial charge is 0.393 e. The zero-order valence-electron chi connectivity index (χ0n) is 7.63. The summed E-state index contributed by atoms with van der Waals surface area (Å²) >= 11 is 0. The Hall–Kier alpha value is -0.0800. The molecule has 2 rings (SSSR count). The SMILES string of the molecule is O[C@@H]1CCC[C@@H]1[C@H]1CCCCN1. The van der Waals surface area contributed by atoms with Crippen molar-refractivity contribution in [3.63, 3.8) is 0 Å². The van der Waals surface area contributed by atoms with E-state index >= 15 is 0 Å². The molecule has 0 aromatic rings. The Morgan fingerprint density at radius 1 is 1.00 bits per heavy atom. The number of piperidine rings is 1. The molecule has 1 saturated carbocycles. The Bertz CT molecular complexity index is 143. The number of rotatable bonds is 1. The van der Waals surface area contributed by atoms with Gasteiger partial charge < -0.3 is 10.4 Å². The molecule has 70 valence electrons. The molecule has 0 unspecified atom stereocenters. The molecular weight excluding hydrogens is 150 g/mol. The van der Waals surface area contributed by atoms with Gasteiger partial charge in [-0.1, -0.05) is 12.8 Å². The minimum atomic E-state index is -0.0133. The van der Waals surface area contributed by atoms with E-state index in [0.717, 1.165) is 13.0 Å². The molecular formula is C10H19NO. The van der Waals surface area contributed by atoms with Crippen molar-refractivity contribution >= 4 is 0 Å². The summed E-state index contributed by atoms with van der Waals surface area (Å²) in [7, 11) is 0. The van der Waals surface area contributed by atoms with Gasteiger partial charge in [0.05, 0.1) is 6.10 Å². The molecule has 2 heteroatoms. The molecule has 1 saturated heterocycles. The van der Waals surface area contributed by atoms with E-state index in [1.165, 1.54) is 32.1 Å². The van der Waals surface area contributed by atoms with Gasteiger partial charge in [0.25, 0.3) is 0 Å². The summed E-state index contributed by atoms with van der Waals surface area (Å²) in [5.74, 6) is 0.560. The minimum Gasteiger partial charge on any atom is -0.393 e. The summed E-state index contributed by atoms with van der Waals surface area (Å²) in [5, 5.41) is 13.2. The molecule has 1 aliphatic heterocycles. The Morgan fingerprint density at radius 2 is 1.92 bits per heavy atom. The topological polar surface area (TPSA) is 32.3 Å². The van der Waals surface area contributed by atoms with Crippen LogP contribution in [0.2, 0.25) is 0 Å². The van der Waals surface area contributed by atoms with Gasteiger partial charge in [-0.3, -0.25) is 0 Å². The first-order valence-electron chi connectivity index (χ1n) is 5.29. The third-order valence-corrected chi connectivity index (χ3v) is 3.40. The van der Waals surface area contributed by atoms with Gasteiger partial charge in [-0.05, 0) is 32.2 Å². The molecule has 0 spiro atoms. The summed E-state index contributed by atoms with van der Waals surface area (Å²) in [4.78, 5) is 0. The van der Waals surface area contributed by atoms with E-state index < -0.39 is 0 Å². The average Bonchev–Trinajstić information content (AvgIpc) is 2.53. The first-order valence-corrected chi connectivity index (χ1v) is 5.29. The number of hydrogen-bond donors (Lipinski definition) is 2. The highest BCUT2D eigenvalue weighted by Crippen LogP contribution is 2.31. The fourth-order valence-electron chi connectivity index (χ4n) is 2.68. The van der Waals surface area contributed by atoms with Gasteiger partial charge in [0, 0.05) is 12.0 Å². The standard InChI is InChI=1S/C10H19NO/c12-10-6-3-4-8(10)9-5-1-2-7-11-9/h8-12H,1-7H2/t8-,9-,10-/m1/s1. The van der Waals surface area contributed by atoms with Crippen molar-refractivity contribution < 1.29 is 5.11 Å². The number of nitrogens with one attached hydrogen (secondary N) is 1. The first-order chi connectivity index (χ1) is 5.88. The second-order valence-corrected chi connectivity index (χ2v) is 4.22. The molecule has 3 atom stereocenters. The first kappa shape index (κ1) is 8.52. The van der Waals surface area contributed by atoms with E-state index in [-0.39, 0.29) is 6.10 Å². The highest BCUT2D eigenvalue weighted by Gasteiger charge is 2.32. The van der Waals surface area contributed by atoms with Crippen molar-refractivity contribution in [1.29, 1.82) is 0 Å². The molecule has 12 heavy (non-hydrogen) atoms. The fraction of sp³-hybridized carbons (Fsp3) is 1.00. The molecule has 2 nitrogen and oxygen atoms in total. The van der Waals surface area contributed by atoms with Gasteiger partial charge in [-0.2, -0.15) is 0 Å². The van der Waals surface area contributed by atoms with Crippen LogP contribution < -0.4 is 5.32 Å². The van der Waals surface area contributed by atoms with Gasteiger partial charge in [0.1, 0.15) is 0 Å². The Morgan fingerprint density at radius 3 is 2.50 bits per heavy atom. The third kappa shape index (κ3) is 1.64. The van der Waals surface area contributed by atoms with Gasteiger partial charge in [-0.15, -0.1) is 0 Å². The molecule has 0 bridgehead atoms. The zero-order valence-corrected chi connectivity index (χ0v) is 7.63. The molecule has 2 N–H and O–H groups in total. The monoisotopic (exact) mass is 169 g/mol. The van der Waals surface area contributed by atoms with Crippen molar-refractivity contribution in [1.82, 2.24) is 5.32 Å². The van der Waals surface area contributed by atoms with E-state index in [2.05, 4.69) is 5.32 Å². The predicted octanol–water partition coefficient (Wildman–Crippen LogP) is 1.29. The van der Waals surface area contributed by atoms with Crippen LogP contribution in [-0.4, -0.2) is 23.8 Å². The van der Waals surface area contributed by atoms with E-state index in [0.29, 0.717) is 12.0 Å². The van der Waals surface area contributed by atoms with Crippen LogP contribution in [0.1, 0.15) is 38.5 Å². The van der Waals surface area contributed by atoms with E-state index in [9.17, 15) is 5.11 Å². The summed E-state index contributed by atoms with van der Waals surface area (Å²) in [5.41, 5.74) is 0. The average molecular weight is 169 g/mol. The Balaban J connectivity index is 1.89. The maximum atomic E-state index is 9.70. The lowest BCUT2D eigenvalue weighted by Gasteiger charge is -2.30. The highest BCUT2D eigenvalue weighted by molar-refractivity contribution is 4.88. The highest BCUT2D eigenvalue weighted by atomic mass is 16.3. The van der Waals surface area contributed by atoms with E-state index in [1.54, 1.807) is 0 Å². The van der Waals surface area contributed by atoms with E-state index in [1.807, 2.05) is 0 Å². The van der Waals surface area contributed by atoms with Gasteiger partial charge >= 0.3 is 0 Å². The maximum absolute atomic E-state index is 9.70. The van der Waals surface area contributed by atoms with Crippen LogP contribution in [0, 0.1) is 5.92 Å². The lowest BCUT2D eigenvalue weighted by Crippen LogP contribution is -2.42. The predicted molar refractivity (Wildman–Crippen MR) is 49.0 cm³/mol. The smallest absolute Gasteiger partial charge is 0.0583 e. The molecule has 2 aliphatic rings. The number of aliphatic hydroxyl groups excluding tert-OH is 1. The maximum Gasteiger partial charge on any atom is 0.0583 e. The van der Waals surface area contributed by atoms with Crippen LogP contribution in [0.15, 0.2) is 0 Å². The molecule has 0 radical (unpaired) electrons. The minimum absolute atomic E-state index is 0.0133. The summed E-state index contributed by atoms with van der Waals surface area (Å²) in [6.45, 7) is 1.16. The van der Waals surface area contributed by atoms with Crippen LogP contribution in [0.5, 0.6) is 0 Å². The van der Waals surface area contributed by atoms with Gasteiger partial charge in [-0.25, -0.2) is 0 Å². The second kappa shape index (κ2) is 3.75. The molecule has 1 heterocycles. The van der Waals surface area contributed by atoms with Crippen LogP contribution in [-0.2, 0) is 0 Å². The van der Waals surface area contributed by atoms with Crippen LogP contribution >= 0.6 is 0 Å². The number of hydrogen-bond acceptors (Lipinski definition) is 2. The van der Waals surface area contributed by atoms with Crippen LogP contribution in [0.25, 0.3) is 0 Å². The van der Waals surface area contributed by atoms with Gasteiger partial charge in [0.15, 0.2) is 0 Å². The van der Waals surface area contributed by atoms with Crippen molar-refractivity contribution in [2.24, 2.45) is 5.92 Å². The fourth-order valence-corrected chi connectivity index (χ4v) is 2.68. The lowest BCUT2D eigenvalue weighted by atomic mass is 9.90. The lowest BCUT2D eigenvalue weighted by molar-refractivity contribution is 0.101. The third-order valence-electron chi connectivity index (χ3n) is 3.40. The summed E-state index contributed by atoms with van der Waals surface area (Å²) in [6, 6.07) is 0.622. The van der Waals surface area contributed by atoms with Crippen LogP contribution in [0.3, 0.4) is 0 Å². The normalized spacial score (nSPS) is 43.2. The molecule has 2 fully saturated rings. The quantitative estimate of drug-likeness (QED) is 0.620. The van der Waals surface area contributed by atoms with Crippen molar-refractivity contribution in [2.45, 2.75) is 50.7 Å². The summed E-state index contributed by atoms with van der Waals surface area (Å²) < 4.78 is 0. The molecule has 0 aromatic heterocycles. The van der Waals surface area contributed by atoms with Gasteiger partial charge in [0.2, 0.25) is 0 Å². The van der Waals surface area contributed by atoms with Crippen LogP contribution in [0.4, 0.5) is 0 Å². The molecule has 1 aliphatic carbocycles. The zero-order chi connectivity index (χ0) is 8.39. The van der Waals surface area contributed by atoms with Crippen molar-refractivity contribution in [2.75, 3.05) is 6.54 Å².